The van der Waals surface area contributed by atoms with Crippen LogP contribution in [-0.2, 0) is 4.74 Å². The highest BCUT2D eigenvalue weighted by molar-refractivity contribution is 6.33. The van der Waals surface area contributed by atoms with Gasteiger partial charge in [0.05, 0.1) is 30.4 Å². The molecular weight excluding hydrogens is 232 g/mol. The molecule has 0 bridgehead atoms. The molecule has 0 aliphatic heterocycles. The molecule has 1 rings (SSSR count). The molecule has 0 aliphatic rings. The van der Waals surface area contributed by atoms with Crippen LogP contribution in [0.15, 0.2) is 18.5 Å². The van der Waals surface area contributed by atoms with Crippen molar-refractivity contribution in [1.82, 2.24) is 10.3 Å². The number of nitrogens with one attached hydrogen (secondary N) is 1. The van der Waals surface area contributed by atoms with E-state index in [1.165, 1.54) is 12.4 Å². The van der Waals surface area contributed by atoms with Crippen LogP contribution >= 0.6 is 11.6 Å². The summed E-state index contributed by atoms with van der Waals surface area (Å²) in [6, 6.07) is 1.55. The first-order valence-electron chi connectivity index (χ1n) is 4.82. The number of aromatic nitrogens is 1. The summed E-state index contributed by atoms with van der Waals surface area (Å²) >= 11 is 5.82. The van der Waals surface area contributed by atoms with E-state index in [0.29, 0.717) is 23.7 Å². The van der Waals surface area contributed by atoms with Crippen LogP contribution in [0.25, 0.3) is 0 Å². The molecule has 2 N–H and O–H groups in total. The summed E-state index contributed by atoms with van der Waals surface area (Å²) < 4.78 is 4.99. The molecule has 5 nitrogen and oxygen atoms in total. The minimum Gasteiger partial charge on any atom is -0.394 e. The molecule has 0 spiro atoms. The van der Waals surface area contributed by atoms with Gasteiger partial charge in [0.2, 0.25) is 0 Å². The van der Waals surface area contributed by atoms with Crippen LogP contribution in [0.5, 0.6) is 0 Å². The fraction of sp³-hybridized carbons (Fsp3) is 0.400. The van der Waals surface area contributed by atoms with Gasteiger partial charge in [0, 0.05) is 18.9 Å². The zero-order valence-electron chi connectivity index (χ0n) is 8.65. The lowest BCUT2D eigenvalue weighted by molar-refractivity contribution is 0.0838. The summed E-state index contributed by atoms with van der Waals surface area (Å²) in [5.74, 6) is -0.286. The second kappa shape index (κ2) is 7.16. The van der Waals surface area contributed by atoms with Gasteiger partial charge in [-0.3, -0.25) is 9.78 Å². The van der Waals surface area contributed by atoms with Gasteiger partial charge in [0.15, 0.2) is 0 Å². The van der Waals surface area contributed by atoms with Gasteiger partial charge in [-0.25, -0.2) is 0 Å². The van der Waals surface area contributed by atoms with Crippen molar-refractivity contribution in [2.24, 2.45) is 0 Å². The summed E-state index contributed by atoms with van der Waals surface area (Å²) in [6.07, 6.45) is 2.93. The summed E-state index contributed by atoms with van der Waals surface area (Å²) in [4.78, 5) is 15.4. The highest BCUT2D eigenvalue weighted by atomic mass is 35.5. The molecule has 0 atom stereocenters. The Bertz CT molecular complexity index is 347. The van der Waals surface area contributed by atoms with E-state index in [1.807, 2.05) is 0 Å². The number of hydrogen-bond acceptors (Lipinski definition) is 4. The Hall–Kier alpha value is -1.17. The number of carbonyl (C=O) groups is 1. The summed E-state index contributed by atoms with van der Waals surface area (Å²) in [5.41, 5.74) is 0.339. The lowest BCUT2D eigenvalue weighted by Gasteiger charge is -2.06. The molecule has 0 saturated heterocycles. The number of ether oxygens (including phenoxy) is 1. The Kier molecular flexibility index (Phi) is 5.77. The third kappa shape index (κ3) is 4.14. The van der Waals surface area contributed by atoms with Gasteiger partial charge in [-0.2, -0.15) is 0 Å². The van der Waals surface area contributed by atoms with Crippen LogP contribution in [0.1, 0.15) is 10.4 Å². The van der Waals surface area contributed by atoms with Gasteiger partial charge in [0.25, 0.3) is 5.91 Å². The highest BCUT2D eigenvalue weighted by Crippen LogP contribution is 2.12. The van der Waals surface area contributed by atoms with E-state index in [1.54, 1.807) is 6.07 Å². The molecule has 1 amide bonds. The van der Waals surface area contributed by atoms with Gasteiger partial charge in [0.1, 0.15) is 0 Å². The van der Waals surface area contributed by atoms with E-state index in [4.69, 9.17) is 21.4 Å². The number of amides is 1. The Morgan fingerprint density at radius 1 is 1.56 bits per heavy atom. The maximum atomic E-state index is 11.6. The maximum Gasteiger partial charge on any atom is 0.254 e. The summed E-state index contributed by atoms with van der Waals surface area (Å²) in [5, 5.41) is 11.4. The molecular formula is C10H13ClN2O3. The smallest absolute Gasteiger partial charge is 0.254 e. The highest BCUT2D eigenvalue weighted by Gasteiger charge is 2.08. The minimum atomic E-state index is -0.286. The lowest BCUT2D eigenvalue weighted by atomic mass is 10.2. The largest absolute Gasteiger partial charge is 0.394 e. The van der Waals surface area contributed by atoms with Crippen LogP contribution in [0.4, 0.5) is 0 Å². The molecule has 88 valence electrons. The second-order valence-electron chi connectivity index (χ2n) is 2.95. The molecule has 0 radical (unpaired) electrons. The van der Waals surface area contributed by atoms with E-state index in [2.05, 4.69) is 10.3 Å². The van der Waals surface area contributed by atoms with Crippen molar-refractivity contribution in [1.29, 1.82) is 0 Å². The molecule has 1 aromatic rings. The van der Waals surface area contributed by atoms with Crippen molar-refractivity contribution >= 4 is 17.5 Å². The van der Waals surface area contributed by atoms with E-state index >= 15 is 0 Å². The van der Waals surface area contributed by atoms with Crippen LogP contribution in [0, 0.1) is 0 Å². The van der Waals surface area contributed by atoms with E-state index in [9.17, 15) is 4.79 Å². The van der Waals surface area contributed by atoms with Crippen molar-refractivity contribution < 1.29 is 14.6 Å². The molecule has 1 heterocycles. The molecule has 0 unspecified atom stereocenters. The SMILES string of the molecule is O=C(NCCOCCO)c1cnccc1Cl. The number of rotatable bonds is 6. The summed E-state index contributed by atoms with van der Waals surface area (Å²) in [7, 11) is 0. The van der Waals surface area contributed by atoms with Crippen molar-refractivity contribution in [3.05, 3.63) is 29.0 Å². The van der Waals surface area contributed by atoms with Gasteiger partial charge >= 0.3 is 0 Å². The van der Waals surface area contributed by atoms with E-state index < -0.39 is 0 Å². The van der Waals surface area contributed by atoms with Gasteiger partial charge in [-0.15, -0.1) is 0 Å². The van der Waals surface area contributed by atoms with Crippen LogP contribution in [0.3, 0.4) is 0 Å². The Morgan fingerprint density at radius 2 is 2.38 bits per heavy atom. The Labute approximate surface area is 98.4 Å². The topological polar surface area (TPSA) is 71.5 Å². The average Bonchev–Trinajstić information content (AvgIpc) is 2.29. The standard InChI is InChI=1S/C10H13ClN2O3/c11-9-1-2-12-7-8(9)10(15)13-3-5-16-6-4-14/h1-2,7,14H,3-6H2,(H,13,15). The maximum absolute atomic E-state index is 11.6. The zero-order valence-corrected chi connectivity index (χ0v) is 9.41. The third-order valence-corrected chi connectivity index (χ3v) is 2.11. The molecule has 1 aromatic heterocycles. The number of aliphatic hydroxyl groups excluding tert-OH is 1. The molecule has 0 fully saturated rings. The molecule has 0 aliphatic carbocycles. The van der Waals surface area contributed by atoms with Gasteiger partial charge in [-0.1, -0.05) is 11.6 Å². The minimum absolute atomic E-state index is 0.0254. The quantitative estimate of drug-likeness (QED) is 0.714. The number of nitrogens with zero attached hydrogens (tertiary/aromatic N) is 1. The number of pyridine rings is 1. The molecule has 16 heavy (non-hydrogen) atoms. The fourth-order valence-electron chi connectivity index (χ4n) is 1.04. The number of aliphatic hydroxyl groups is 1. The molecule has 6 heteroatoms. The number of carbonyl (C=O) groups excluding carboxylic acids is 1. The molecule has 0 saturated carbocycles. The first-order valence-corrected chi connectivity index (χ1v) is 5.20. The van der Waals surface area contributed by atoms with Crippen LogP contribution < -0.4 is 5.32 Å². The first-order chi connectivity index (χ1) is 7.75. The van der Waals surface area contributed by atoms with Crippen molar-refractivity contribution in [3.63, 3.8) is 0 Å². The summed E-state index contributed by atoms with van der Waals surface area (Å²) in [6.45, 7) is 0.958. The lowest BCUT2D eigenvalue weighted by Crippen LogP contribution is -2.27. The zero-order chi connectivity index (χ0) is 11.8. The third-order valence-electron chi connectivity index (χ3n) is 1.78. The average molecular weight is 245 g/mol. The normalized spacial score (nSPS) is 10.1. The second-order valence-corrected chi connectivity index (χ2v) is 3.35. The Balaban J connectivity index is 2.33. The number of hydrogen-bond donors (Lipinski definition) is 2. The fourth-order valence-corrected chi connectivity index (χ4v) is 1.23. The van der Waals surface area contributed by atoms with Crippen LogP contribution in [-0.4, -0.2) is 42.4 Å². The molecule has 0 aromatic carbocycles. The number of halogens is 1. The predicted octanol–water partition coefficient (Wildman–Crippen LogP) is 0.474. The van der Waals surface area contributed by atoms with Gasteiger partial charge < -0.3 is 15.2 Å². The first kappa shape index (κ1) is 12.9. The van der Waals surface area contributed by atoms with Crippen molar-refractivity contribution in [3.8, 4) is 0 Å². The Morgan fingerprint density at radius 3 is 3.06 bits per heavy atom. The van der Waals surface area contributed by atoms with Crippen molar-refractivity contribution in [2.75, 3.05) is 26.4 Å². The van der Waals surface area contributed by atoms with Crippen molar-refractivity contribution in [2.45, 2.75) is 0 Å². The monoisotopic (exact) mass is 244 g/mol. The predicted molar refractivity (Wildman–Crippen MR) is 59.5 cm³/mol. The van der Waals surface area contributed by atoms with E-state index in [0.717, 1.165) is 0 Å². The van der Waals surface area contributed by atoms with Crippen LogP contribution in [0.2, 0.25) is 5.02 Å². The van der Waals surface area contributed by atoms with E-state index in [-0.39, 0.29) is 19.1 Å². The van der Waals surface area contributed by atoms with Gasteiger partial charge in [-0.05, 0) is 6.07 Å².